The zero-order valence-corrected chi connectivity index (χ0v) is 8.38. The molecule has 2 unspecified atom stereocenters. The third kappa shape index (κ3) is 2.46. The summed E-state index contributed by atoms with van der Waals surface area (Å²) in [7, 11) is 0. The van der Waals surface area contributed by atoms with E-state index < -0.39 is 12.2 Å². The van der Waals surface area contributed by atoms with E-state index in [4.69, 9.17) is 5.26 Å². The number of rotatable bonds is 3. The molecule has 0 fully saturated rings. The molecule has 4 nitrogen and oxygen atoms in total. The van der Waals surface area contributed by atoms with Crippen molar-refractivity contribution < 1.29 is 15.3 Å². The smallest absolute Gasteiger partial charge is 0.121 e. The Balaban J connectivity index is 3.01. The maximum atomic E-state index is 9.72. The molecule has 3 N–H and O–H groups in total. The molecule has 0 amide bonds. The van der Waals surface area contributed by atoms with Crippen LogP contribution in [0.25, 0.3) is 0 Å². The maximum absolute atomic E-state index is 9.72. The van der Waals surface area contributed by atoms with Crippen LogP contribution >= 0.6 is 0 Å². The molecule has 0 heterocycles. The van der Waals surface area contributed by atoms with Crippen molar-refractivity contribution in [2.24, 2.45) is 0 Å². The van der Waals surface area contributed by atoms with Crippen LogP contribution in [0.5, 0.6) is 5.75 Å². The molecule has 0 saturated carbocycles. The van der Waals surface area contributed by atoms with Crippen LogP contribution in [-0.2, 0) is 0 Å². The minimum absolute atomic E-state index is 0.0699. The molecule has 1 aromatic carbocycles. The van der Waals surface area contributed by atoms with E-state index in [0.29, 0.717) is 5.56 Å². The van der Waals surface area contributed by atoms with Crippen LogP contribution in [0.4, 0.5) is 0 Å². The molecule has 0 spiro atoms. The van der Waals surface area contributed by atoms with Gasteiger partial charge in [-0.05, 0) is 18.6 Å². The lowest BCUT2D eigenvalue weighted by Gasteiger charge is -2.18. The average molecular weight is 207 g/mol. The normalized spacial score (nSPS) is 14.3. The Hall–Kier alpha value is -1.57. The van der Waals surface area contributed by atoms with Crippen molar-refractivity contribution in [3.63, 3.8) is 0 Å². The van der Waals surface area contributed by atoms with Gasteiger partial charge < -0.3 is 15.3 Å². The van der Waals surface area contributed by atoms with Gasteiger partial charge in [-0.2, -0.15) is 5.26 Å². The molecular weight excluding hydrogens is 194 g/mol. The minimum atomic E-state index is -1.23. The minimum Gasteiger partial charge on any atom is -0.508 e. The highest BCUT2D eigenvalue weighted by molar-refractivity contribution is 5.40. The van der Waals surface area contributed by atoms with Crippen LogP contribution in [0.2, 0.25) is 0 Å². The van der Waals surface area contributed by atoms with Crippen molar-refractivity contribution in [3.8, 4) is 11.8 Å². The quantitative estimate of drug-likeness (QED) is 0.690. The van der Waals surface area contributed by atoms with Gasteiger partial charge in [-0.3, -0.25) is 0 Å². The summed E-state index contributed by atoms with van der Waals surface area (Å²) in [5.41, 5.74) is 0.958. The summed E-state index contributed by atoms with van der Waals surface area (Å²) in [5, 5.41) is 37.1. The molecule has 15 heavy (non-hydrogen) atoms. The van der Waals surface area contributed by atoms with E-state index in [1.165, 1.54) is 6.07 Å². The monoisotopic (exact) mass is 207 g/mol. The van der Waals surface area contributed by atoms with Crippen LogP contribution in [0, 0.1) is 18.3 Å². The van der Waals surface area contributed by atoms with Gasteiger partial charge in [-0.1, -0.05) is 12.1 Å². The van der Waals surface area contributed by atoms with E-state index in [9.17, 15) is 15.3 Å². The van der Waals surface area contributed by atoms with E-state index in [1.807, 2.05) is 0 Å². The Labute approximate surface area is 88.0 Å². The van der Waals surface area contributed by atoms with E-state index >= 15 is 0 Å². The number of phenolic OH excluding ortho intramolecular Hbond substituents is 1. The van der Waals surface area contributed by atoms with Crippen LogP contribution in [-0.4, -0.2) is 21.4 Å². The van der Waals surface area contributed by atoms with Gasteiger partial charge in [0, 0.05) is 5.56 Å². The first-order valence-corrected chi connectivity index (χ1v) is 4.59. The first kappa shape index (κ1) is 11.5. The van der Waals surface area contributed by atoms with Gasteiger partial charge in [-0.25, -0.2) is 0 Å². The highest BCUT2D eigenvalue weighted by Crippen LogP contribution is 2.30. The molecule has 80 valence electrons. The third-order valence-corrected chi connectivity index (χ3v) is 2.26. The summed E-state index contributed by atoms with van der Waals surface area (Å²) in [4.78, 5) is 0. The Morgan fingerprint density at radius 1 is 1.40 bits per heavy atom. The molecule has 0 aromatic heterocycles. The second kappa shape index (κ2) is 4.78. The number of nitriles is 1. The standard InChI is InChI=1S/C11H13NO3/c1-7-3-2-4-8(13)10(7)11(15)9(14)5-6-12/h2-4,9,11,13-15H,5H2,1H3. The number of hydrogen-bond donors (Lipinski definition) is 3. The maximum Gasteiger partial charge on any atom is 0.121 e. The third-order valence-electron chi connectivity index (χ3n) is 2.26. The molecule has 0 saturated heterocycles. The van der Waals surface area contributed by atoms with Gasteiger partial charge in [-0.15, -0.1) is 0 Å². The number of benzene rings is 1. The van der Waals surface area contributed by atoms with Gasteiger partial charge in [0.1, 0.15) is 11.9 Å². The van der Waals surface area contributed by atoms with E-state index in [2.05, 4.69) is 0 Å². The Kier molecular flexibility index (Phi) is 3.67. The SMILES string of the molecule is Cc1cccc(O)c1C(O)C(O)CC#N. The van der Waals surface area contributed by atoms with Gasteiger partial charge in [0.25, 0.3) is 0 Å². The topological polar surface area (TPSA) is 84.5 Å². The number of hydrogen-bond acceptors (Lipinski definition) is 4. The number of nitrogens with zero attached hydrogens (tertiary/aromatic N) is 1. The van der Waals surface area contributed by atoms with Crippen molar-refractivity contribution in [2.75, 3.05) is 0 Å². The van der Waals surface area contributed by atoms with Gasteiger partial charge in [0.15, 0.2) is 0 Å². The number of aliphatic hydroxyl groups excluding tert-OH is 2. The lowest BCUT2D eigenvalue weighted by Crippen LogP contribution is -2.18. The molecule has 0 aliphatic heterocycles. The van der Waals surface area contributed by atoms with E-state index in [1.54, 1.807) is 25.1 Å². The summed E-state index contributed by atoms with van der Waals surface area (Å²) in [5.74, 6) is -0.0699. The number of aromatic hydroxyl groups is 1. The number of aryl methyl sites for hydroxylation is 1. The second-order valence-electron chi connectivity index (χ2n) is 3.38. The van der Waals surface area contributed by atoms with Crippen LogP contribution < -0.4 is 0 Å². The molecule has 2 atom stereocenters. The summed E-state index contributed by atoms with van der Waals surface area (Å²) in [6, 6.07) is 6.57. The summed E-state index contributed by atoms with van der Waals surface area (Å²) < 4.78 is 0. The van der Waals surface area contributed by atoms with Gasteiger partial charge in [0.2, 0.25) is 0 Å². The highest BCUT2D eigenvalue weighted by atomic mass is 16.3. The Morgan fingerprint density at radius 2 is 2.07 bits per heavy atom. The fraction of sp³-hybridized carbons (Fsp3) is 0.364. The highest BCUT2D eigenvalue weighted by Gasteiger charge is 2.22. The first-order valence-electron chi connectivity index (χ1n) is 4.59. The lowest BCUT2D eigenvalue weighted by molar-refractivity contribution is 0.0199. The van der Waals surface area contributed by atoms with Gasteiger partial charge >= 0.3 is 0 Å². The van der Waals surface area contributed by atoms with Crippen molar-refractivity contribution in [1.82, 2.24) is 0 Å². The number of aliphatic hydroxyl groups is 2. The van der Waals surface area contributed by atoms with Crippen LogP contribution in [0.1, 0.15) is 23.7 Å². The molecule has 1 aromatic rings. The summed E-state index contributed by atoms with van der Waals surface area (Å²) >= 11 is 0. The molecule has 1 rings (SSSR count). The Morgan fingerprint density at radius 3 is 2.60 bits per heavy atom. The lowest BCUT2D eigenvalue weighted by atomic mass is 9.97. The van der Waals surface area contributed by atoms with Crippen molar-refractivity contribution in [1.29, 1.82) is 5.26 Å². The summed E-state index contributed by atoms with van der Waals surface area (Å²) in [6.07, 6.45) is -2.58. The van der Waals surface area contributed by atoms with Crippen molar-refractivity contribution in [2.45, 2.75) is 25.6 Å². The zero-order valence-electron chi connectivity index (χ0n) is 8.38. The fourth-order valence-corrected chi connectivity index (χ4v) is 1.45. The first-order chi connectivity index (χ1) is 7.07. The van der Waals surface area contributed by atoms with Crippen molar-refractivity contribution in [3.05, 3.63) is 29.3 Å². The van der Waals surface area contributed by atoms with E-state index in [0.717, 1.165) is 0 Å². The molecule has 0 radical (unpaired) electrons. The van der Waals surface area contributed by atoms with Crippen LogP contribution in [0.3, 0.4) is 0 Å². The molecular formula is C11H13NO3. The molecule has 0 aliphatic rings. The molecule has 0 aliphatic carbocycles. The van der Waals surface area contributed by atoms with Crippen molar-refractivity contribution >= 4 is 0 Å². The number of phenols is 1. The predicted molar refractivity (Wildman–Crippen MR) is 54.0 cm³/mol. The molecule has 0 bridgehead atoms. The molecule has 4 heteroatoms. The predicted octanol–water partition coefficient (Wildman–Crippen LogP) is 1.01. The average Bonchev–Trinajstić information content (AvgIpc) is 2.17. The second-order valence-corrected chi connectivity index (χ2v) is 3.38. The largest absolute Gasteiger partial charge is 0.508 e. The van der Waals surface area contributed by atoms with Gasteiger partial charge in [0.05, 0.1) is 18.6 Å². The van der Waals surface area contributed by atoms with E-state index in [-0.39, 0.29) is 17.7 Å². The Bertz CT molecular complexity index is 364. The fourth-order valence-electron chi connectivity index (χ4n) is 1.45. The summed E-state index contributed by atoms with van der Waals surface area (Å²) in [6.45, 7) is 1.72. The van der Waals surface area contributed by atoms with Crippen LogP contribution in [0.15, 0.2) is 18.2 Å². The zero-order chi connectivity index (χ0) is 11.4.